The van der Waals surface area contributed by atoms with Gasteiger partial charge in [0.1, 0.15) is 11.9 Å². The molecule has 3 amide bonds. The van der Waals surface area contributed by atoms with Gasteiger partial charge in [0.25, 0.3) is 0 Å². The van der Waals surface area contributed by atoms with Gasteiger partial charge in [-0.3, -0.25) is 14.4 Å². The third kappa shape index (κ3) is 8.27. The van der Waals surface area contributed by atoms with Crippen molar-refractivity contribution in [3.8, 4) is 0 Å². The molecule has 2 fully saturated rings. The van der Waals surface area contributed by atoms with E-state index in [9.17, 15) is 18.8 Å². The van der Waals surface area contributed by atoms with Gasteiger partial charge in [-0.05, 0) is 54.9 Å². The van der Waals surface area contributed by atoms with Crippen LogP contribution in [-0.2, 0) is 20.8 Å². The first-order chi connectivity index (χ1) is 18.5. The Hall–Kier alpha value is -3.48. The predicted molar refractivity (Wildman–Crippen MR) is 146 cm³/mol. The number of carbonyl (C=O) groups excluding carboxylic acids is 3. The van der Waals surface area contributed by atoms with Crippen LogP contribution in [0.2, 0.25) is 0 Å². The van der Waals surface area contributed by atoms with E-state index in [-0.39, 0.29) is 35.9 Å². The third-order valence-corrected chi connectivity index (χ3v) is 7.66. The standard InChI is InChI=1S/C31H38FN3O3/c32-27-14-8-7-13-24(27)20-26(21-25-17-18-33-30(25)37)34-31(38)28(19-23-11-5-2-6-12-23)35-29(36)16-15-22-9-3-1-4-10-22/h1,3-4,7-10,13-16,23,25-26,28H,2,5-6,11-12,17-21H2,(H,33,37)(H,34,38)(H,35,36)/t25-,26+,28-/m0/s1. The molecule has 2 aromatic carbocycles. The molecule has 0 spiro atoms. The van der Waals surface area contributed by atoms with E-state index in [1.807, 2.05) is 30.3 Å². The molecule has 3 N–H and O–H groups in total. The lowest BCUT2D eigenvalue weighted by Crippen LogP contribution is -2.51. The van der Waals surface area contributed by atoms with E-state index < -0.39 is 12.1 Å². The van der Waals surface area contributed by atoms with Crippen molar-refractivity contribution in [3.63, 3.8) is 0 Å². The molecule has 202 valence electrons. The molecule has 2 aromatic rings. The molecule has 38 heavy (non-hydrogen) atoms. The number of halogens is 1. The van der Waals surface area contributed by atoms with Gasteiger partial charge in [-0.1, -0.05) is 80.6 Å². The molecule has 0 aromatic heterocycles. The van der Waals surface area contributed by atoms with E-state index in [4.69, 9.17) is 0 Å². The minimum atomic E-state index is -0.702. The van der Waals surface area contributed by atoms with E-state index in [0.717, 1.165) is 31.2 Å². The molecule has 0 radical (unpaired) electrons. The number of hydrogen-bond donors (Lipinski definition) is 3. The van der Waals surface area contributed by atoms with Gasteiger partial charge in [-0.2, -0.15) is 0 Å². The van der Waals surface area contributed by atoms with Crippen LogP contribution in [0.3, 0.4) is 0 Å². The first-order valence-corrected chi connectivity index (χ1v) is 13.8. The second-order valence-electron chi connectivity index (χ2n) is 10.6. The lowest BCUT2D eigenvalue weighted by atomic mass is 9.84. The molecule has 1 saturated heterocycles. The van der Waals surface area contributed by atoms with Gasteiger partial charge >= 0.3 is 0 Å². The zero-order valence-electron chi connectivity index (χ0n) is 21.8. The number of amides is 3. The minimum absolute atomic E-state index is 0.0316. The summed E-state index contributed by atoms with van der Waals surface area (Å²) >= 11 is 0. The van der Waals surface area contributed by atoms with Gasteiger partial charge in [0, 0.05) is 24.6 Å². The van der Waals surface area contributed by atoms with Crippen molar-refractivity contribution >= 4 is 23.8 Å². The molecule has 7 heteroatoms. The van der Waals surface area contributed by atoms with Crippen LogP contribution >= 0.6 is 0 Å². The van der Waals surface area contributed by atoms with E-state index in [1.165, 1.54) is 18.6 Å². The van der Waals surface area contributed by atoms with Crippen molar-refractivity contribution in [2.75, 3.05) is 6.54 Å². The molecule has 3 atom stereocenters. The molecule has 0 unspecified atom stereocenters. The summed E-state index contributed by atoms with van der Waals surface area (Å²) in [5, 5.41) is 8.85. The van der Waals surface area contributed by atoms with E-state index in [0.29, 0.717) is 37.3 Å². The summed E-state index contributed by atoms with van der Waals surface area (Å²) in [5.41, 5.74) is 1.39. The van der Waals surface area contributed by atoms with Gasteiger partial charge in [0.05, 0.1) is 0 Å². The van der Waals surface area contributed by atoms with Gasteiger partial charge in [-0.25, -0.2) is 4.39 Å². The highest BCUT2D eigenvalue weighted by atomic mass is 19.1. The molecule has 4 rings (SSSR count). The van der Waals surface area contributed by atoms with Gasteiger partial charge in [-0.15, -0.1) is 0 Å². The normalized spacial score (nSPS) is 19.6. The SMILES string of the molecule is O=C(C=Cc1ccccc1)N[C@@H](CC1CCCCC1)C(=O)N[C@H](Cc1ccccc1F)C[C@@H]1CCNC1=O. The van der Waals surface area contributed by atoms with Gasteiger partial charge in [0.2, 0.25) is 17.7 Å². The maximum Gasteiger partial charge on any atom is 0.244 e. The summed E-state index contributed by atoms with van der Waals surface area (Å²) in [5.74, 6) is -0.838. The van der Waals surface area contributed by atoms with Crippen molar-refractivity contribution < 1.29 is 18.8 Å². The number of hydrogen-bond acceptors (Lipinski definition) is 3. The molecule has 2 aliphatic rings. The molecular weight excluding hydrogens is 481 g/mol. The van der Waals surface area contributed by atoms with Crippen LogP contribution < -0.4 is 16.0 Å². The van der Waals surface area contributed by atoms with E-state index >= 15 is 0 Å². The quantitative estimate of drug-likeness (QED) is 0.381. The van der Waals surface area contributed by atoms with Crippen molar-refractivity contribution in [2.24, 2.45) is 11.8 Å². The summed E-state index contributed by atoms with van der Waals surface area (Å²) < 4.78 is 14.5. The first-order valence-electron chi connectivity index (χ1n) is 13.8. The molecule has 6 nitrogen and oxygen atoms in total. The highest BCUT2D eigenvalue weighted by Gasteiger charge is 2.31. The predicted octanol–water partition coefficient (Wildman–Crippen LogP) is 4.55. The molecule has 1 heterocycles. The van der Waals surface area contributed by atoms with Gasteiger partial charge < -0.3 is 16.0 Å². The fourth-order valence-electron chi connectivity index (χ4n) is 5.58. The van der Waals surface area contributed by atoms with E-state index in [1.54, 1.807) is 24.3 Å². The summed E-state index contributed by atoms with van der Waals surface area (Å²) in [4.78, 5) is 38.7. The zero-order valence-corrected chi connectivity index (χ0v) is 21.8. The lowest BCUT2D eigenvalue weighted by molar-refractivity contribution is -0.128. The number of nitrogens with one attached hydrogen (secondary N) is 3. The zero-order chi connectivity index (χ0) is 26.7. The van der Waals surface area contributed by atoms with Crippen molar-refractivity contribution in [3.05, 3.63) is 77.6 Å². The Morgan fingerprint density at radius 3 is 2.39 bits per heavy atom. The maximum atomic E-state index is 14.5. The monoisotopic (exact) mass is 519 g/mol. The van der Waals surface area contributed by atoms with Crippen LogP contribution in [0.1, 0.15) is 62.5 Å². The van der Waals surface area contributed by atoms with Crippen LogP contribution in [0.5, 0.6) is 0 Å². The Balaban J connectivity index is 1.48. The number of rotatable bonds is 11. The topological polar surface area (TPSA) is 87.3 Å². The van der Waals surface area contributed by atoms with Crippen LogP contribution in [0.25, 0.3) is 6.08 Å². The van der Waals surface area contributed by atoms with Crippen LogP contribution in [-0.4, -0.2) is 36.3 Å². The smallest absolute Gasteiger partial charge is 0.244 e. The summed E-state index contributed by atoms with van der Waals surface area (Å²) in [6.07, 6.45) is 10.7. The van der Waals surface area contributed by atoms with Crippen molar-refractivity contribution in [1.29, 1.82) is 0 Å². The van der Waals surface area contributed by atoms with E-state index in [2.05, 4.69) is 16.0 Å². The summed E-state index contributed by atoms with van der Waals surface area (Å²) in [6, 6.07) is 14.9. The fourth-order valence-corrected chi connectivity index (χ4v) is 5.58. The number of benzene rings is 2. The molecule has 1 aliphatic carbocycles. The average Bonchev–Trinajstić information content (AvgIpc) is 3.33. The average molecular weight is 520 g/mol. The second-order valence-corrected chi connectivity index (χ2v) is 10.6. The summed E-state index contributed by atoms with van der Waals surface area (Å²) in [6.45, 7) is 0.609. The molecular formula is C31H38FN3O3. The highest BCUT2D eigenvalue weighted by Crippen LogP contribution is 2.28. The molecule has 1 aliphatic heterocycles. The Kier molecular flexibility index (Phi) is 10.1. The Bertz CT molecular complexity index is 1110. The van der Waals surface area contributed by atoms with Crippen LogP contribution in [0.4, 0.5) is 4.39 Å². The Labute approximate surface area is 224 Å². The largest absolute Gasteiger partial charge is 0.356 e. The minimum Gasteiger partial charge on any atom is -0.356 e. The van der Waals surface area contributed by atoms with Crippen LogP contribution in [0, 0.1) is 17.7 Å². The van der Waals surface area contributed by atoms with Crippen molar-refractivity contribution in [2.45, 2.75) is 69.9 Å². The second kappa shape index (κ2) is 13.9. The maximum absolute atomic E-state index is 14.5. The Morgan fingerprint density at radius 2 is 1.68 bits per heavy atom. The first kappa shape index (κ1) is 27.6. The highest BCUT2D eigenvalue weighted by molar-refractivity contribution is 5.95. The van der Waals surface area contributed by atoms with Crippen molar-refractivity contribution in [1.82, 2.24) is 16.0 Å². The summed E-state index contributed by atoms with van der Waals surface area (Å²) in [7, 11) is 0. The Morgan fingerprint density at radius 1 is 0.947 bits per heavy atom. The lowest BCUT2D eigenvalue weighted by Gasteiger charge is -2.28. The van der Waals surface area contributed by atoms with Crippen LogP contribution in [0.15, 0.2) is 60.7 Å². The van der Waals surface area contributed by atoms with Gasteiger partial charge in [0.15, 0.2) is 0 Å². The molecule has 1 saturated carbocycles. The molecule has 0 bridgehead atoms. The fraction of sp³-hybridized carbons (Fsp3) is 0.452. The number of carbonyl (C=O) groups is 3. The third-order valence-electron chi connectivity index (χ3n) is 7.66.